The number of anilines is 1. The van der Waals surface area contributed by atoms with Crippen LogP contribution in [0.15, 0.2) is 60.7 Å². The number of aromatic nitrogens is 1. The van der Waals surface area contributed by atoms with E-state index in [0.29, 0.717) is 17.0 Å². The highest BCUT2D eigenvalue weighted by Gasteiger charge is 2.12. The van der Waals surface area contributed by atoms with Crippen LogP contribution in [0.1, 0.15) is 16.8 Å². The van der Waals surface area contributed by atoms with Crippen molar-refractivity contribution in [3.63, 3.8) is 0 Å². The van der Waals surface area contributed by atoms with Crippen molar-refractivity contribution in [3.8, 4) is 23.4 Å². The summed E-state index contributed by atoms with van der Waals surface area (Å²) in [6, 6.07) is 20.3. The summed E-state index contributed by atoms with van der Waals surface area (Å²) in [5.74, 6) is 1.23. The van der Waals surface area contributed by atoms with Crippen molar-refractivity contribution in [1.82, 2.24) is 4.98 Å². The monoisotopic (exact) mass is 373 g/mol. The van der Waals surface area contributed by atoms with Gasteiger partial charge in [-0.05, 0) is 61.9 Å². The van der Waals surface area contributed by atoms with Gasteiger partial charge in [0.05, 0.1) is 0 Å². The fraction of sp³-hybridized carbons (Fsp3) is 0.136. The molecule has 0 saturated heterocycles. The number of amides is 1. The van der Waals surface area contributed by atoms with Crippen molar-refractivity contribution in [2.75, 3.05) is 11.9 Å². The Hall–Kier alpha value is -3.85. The molecule has 1 N–H and O–H groups in total. The Morgan fingerprint density at radius 2 is 1.75 bits per heavy atom. The van der Waals surface area contributed by atoms with Crippen LogP contribution < -0.4 is 14.8 Å². The van der Waals surface area contributed by atoms with Crippen molar-refractivity contribution in [2.45, 2.75) is 13.8 Å². The summed E-state index contributed by atoms with van der Waals surface area (Å²) in [7, 11) is 0. The number of nitrogens with zero attached hydrogens (tertiary/aromatic N) is 2. The molecule has 6 heteroatoms. The second kappa shape index (κ2) is 8.69. The predicted octanol–water partition coefficient (Wildman–Crippen LogP) is 4.38. The third kappa shape index (κ3) is 4.86. The van der Waals surface area contributed by atoms with Crippen molar-refractivity contribution in [3.05, 3.63) is 77.5 Å². The summed E-state index contributed by atoms with van der Waals surface area (Å²) >= 11 is 0. The molecule has 0 aliphatic heterocycles. The Morgan fingerprint density at radius 3 is 2.43 bits per heavy atom. The third-order valence-corrected chi connectivity index (χ3v) is 3.88. The zero-order valence-corrected chi connectivity index (χ0v) is 15.6. The summed E-state index contributed by atoms with van der Waals surface area (Å²) in [5, 5.41) is 12.0. The molecule has 28 heavy (non-hydrogen) atoms. The van der Waals surface area contributed by atoms with Crippen LogP contribution in [0.5, 0.6) is 17.4 Å². The van der Waals surface area contributed by atoms with E-state index in [1.807, 2.05) is 30.3 Å². The van der Waals surface area contributed by atoms with Crippen LogP contribution in [0.25, 0.3) is 0 Å². The molecule has 1 amide bonds. The SMILES string of the molecule is Cc1cc(C)c(C#N)c(OCC(=O)Nc2ccc(Oc3ccccc3)cc2)n1. The Bertz CT molecular complexity index is 1010. The molecule has 1 heterocycles. The highest BCUT2D eigenvalue weighted by atomic mass is 16.5. The van der Waals surface area contributed by atoms with E-state index < -0.39 is 0 Å². The number of nitriles is 1. The molecule has 6 nitrogen and oxygen atoms in total. The molecular weight excluding hydrogens is 354 g/mol. The summed E-state index contributed by atoms with van der Waals surface area (Å²) in [4.78, 5) is 16.3. The fourth-order valence-electron chi connectivity index (χ4n) is 2.60. The maximum atomic E-state index is 12.2. The third-order valence-electron chi connectivity index (χ3n) is 3.88. The number of para-hydroxylation sites is 1. The van der Waals surface area contributed by atoms with Gasteiger partial charge in [-0.1, -0.05) is 18.2 Å². The van der Waals surface area contributed by atoms with Gasteiger partial charge >= 0.3 is 0 Å². The van der Waals surface area contributed by atoms with Crippen LogP contribution in [0.2, 0.25) is 0 Å². The van der Waals surface area contributed by atoms with Gasteiger partial charge in [-0.2, -0.15) is 5.26 Å². The molecule has 1 aromatic heterocycles. The van der Waals surface area contributed by atoms with Crippen LogP contribution in [0.4, 0.5) is 5.69 Å². The molecule has 0 aliphatic carbocycles. The predicted molar refractivity (Wildman–Crippen MR) is 106 cm³/mol. The molecule has 3 aromatic rings. The van der Waals surface area contributed by atoms with Crippen LogP contribution in [-0.2, 0) is 4.79 Å². The average molecular weight is 373 g/mol. The van der Waals surface area contributed by atoms with Crippen LogP contribution >= 0.6 is 0 Å². The first-order valence-corrected chi connectivity index (χ1v) is 8.69. The maximum absolute atomic E-state index is 12.2. The van der Waals surface area contributed by atoms with Gasteiger partial charge in [-0.25, -0.2) is 4.98 Å². The van der Waals surface area contributed by atoms with Gasteiger partial charge in [0.25, 0.3) is 5.91 Å². The van der Waals surface area contributed by atoms with E-state index in [1.165, 1.54) is 0 Å². The Morgan fingerprint density at radius 1 is 1.07 bits per heavy atom. The molecule has 0 atom stereocenters. The van der Waals surface area contributed by atoms with E-state index in [1.54, 1.807) is 44.2 Å². The summed E-state index contributed by atoms with van der Waals surface area (Å²) in [5.41, 5.74) is 2.43. The van der Waals surface area contributed by atoms with Crippen LogP contribution in [-0.4, -0.2) is 17.5 Å². The Labute approximate surface area is 163 Å². The molecule has 0 radical (unpaired) electrons. The van der Waals surface area contributed by atoms with E-state index in [0.717, 1.165) is 17.0 Å². The highest BCUT2D eigenvalue weighted by Crippen LogP contribution is 2.23. The van der Waals surface area contributed by atoms with E-state index >= 15 is 0 Å². The molecule has 140 valence electrons. The molecule has 0 spiro atoms. The number of nitrogens with one attached hydrogen (secondary N) is 1. The minimum Gasteiger partial charge on any atom is -0.467 e. The average Bonchev–Trinajstić information content (AvgIpc) is 2.68. The fourth-order valence-corrected chi connectivity index (χ4v) is 2.60. The lowest BCUT2D eigenvalue weighted by Gasteiger charge is -2.10. The highest BCUT2D eigenvalue weighted by molar-refractivity contribution is 5.91. The van der Waals surface area contributed by atoms with Gasteiger partial charge < -0.3 is 14.8 Å². The lowest BCUT2D eigenvalue weighted by molar-refractivity contribution is -0.118. The van der Waals surface area contributed by atoms with E-state index in [2.05, 4.69) is 16.4 Å². The van der Waals surface area contributed by atoms with Gasteiger partial charge in [0, 0.05) is 11.4 Å². The molecule has 0 fully saturated rings. The minimum absolute atomic E-state index is 0.168. The number of ether oxygens (including phenoxy) is 2. The molecule has 2 aromatic carbocycles. The van der Waals surface area contributed by atoms with E-state index in [9.17, 15) is 10.1 Å². The topological polar surface area (TPSA) is 84.2 Å². The molecule has 3 rings (SSSR count). The number of carbonyl (C=O) groups excluding carboxylic acids is 1. The van der Waals surface area contributed by atoms with E-state index in [-0.39, 0.29) is 18.4 Å². The largest absolute Gasteiger partial charge is 0.467 e. The molecule has 0 saturated carbocycles. The maximum Gasteiger partial charge on any atom is 0.262 e. The number of rotatable bonds is 6. The number of aryl methyl sites for hydroxylation is 2. The Kier molecular flexibility index (Phi) is 5.87. The van der Waals surface area contributed by atoms with Gasteiger partial charge in [0.1, 0.15) is 23.1 Å². The number of hydrogen-bond acceptors (Lipinski definition) is 5. The Balaban J connectivity index is 1.58. The molecule has 0 aliphatic rings. The smallest absolute Gasteiger partial charge is 0.262 e. The summed E-state index contributed by atoms with van der Waals surface area (Å²) in [6.45, 7) is 3.37. The first-order valence-electron chi connectivity index (χ1n) is 8.69. The first-order chi connectivity index (χ1) is 13.5. The van der Waals surface area contributed by atoms with Crippen LogP contribution in [0, 0.1) is 25.2 Å². The van der Waals surface area contributed by atoms with Gasteiger partial charge in [-0.15, -0.1) is 0 Å². The van der Waals surface area contributed by atoms with Gasteiger partial charge in [0.15, 0.2) is 6.61 Å². The molecular formula is C22H19N3O3. The summed E-state index contributed by atoms with van der Waals surface area (Å²) < 4.78 is 11.2. The molecule has 0 bridgehead atoms. The van der Waals surface area contributed by atoms with E-state index in [4.69, 9.17) is 9.47 Å². The van der Waals surface area contributed by atoms with Crippen molar-refractivity contribution < 1.29 is 14.3 Å². The second-order valence-corrected chi connectivity index (χ2v) is 6.15. The van der Waals surface area contributed by atoms with Crippen molar-refractivity contribution >= 4 is 11.6 Å². The number of hydrogen-bond donors (Lipinski definition) is 1. The lowest BCUT2D eigenvalue weighted by atomic mass is 10.1. The lowest BCUT2D eigenvalue weighted by Crippen LogP contribution is -2.21. The normalized spacial score (nSPS) is 10.0. The van der Waals surface area contributed by atoms with Gasteiger partial charge in [0.2, 0.25) is 5.88 Å². The first kappa shape index (κ1) is 18.9. The van der Waals surface area contributed by atoms with Crippen molar-refractivity contribution in [1.29, 1.82) is 5.26 Å². The number of carbonyl (C=O) groups is 1. The number of pyridine rings is 1. The summed E-state index contributed by atoms with van der Waals surface area (Å²) in [6.07, 6.45) is 0. The quantitative estimate of drug-likeness (QED) is 0.693. The second-order valence-electron chi connectivity index (χ2n) is 6.15. The standard InChI is InChI=1S/C22H19N3O3/c1-15-12-16(2)24-22(20(15)13-23)27-14-21(26)25-17-8-10-19(11-9-17)28-18-6-4-3-5-7-18/h3-12H,14H2,1-2H3,(H,25,26). The van der Waals surface area contributed by atoms with Crippen molar-refractivity contribution in [2.24, 2.45) is 0 Å². The number of benzene rings is 2. The van der Waals surface area contributed by atoms with Gasteiger partial charge in [-0.3, -0.25) is 4.79 Å². The zero-order chi connectivity index (χ0) is 19.9. The minimum atomic E-state index is -0.346. The zero-order valence-electron chi connectivity index (χ0n) is 15.6. The molecule has 0 unspecified atom stereocenters. The van der Waals surface area contributed by atoms with Crippen LogP contribution in [0.3, 0.4) is 0 Å².